The zero-order valence-corrected chi connectivity index (χ0v) is 15.7. The predicted octanol–water partition coefficient (Wildman–Crippen LogP) is 4.06. The van der Waals surface area contributed by atoms with Crippen LogP contribution in [-0.4, -0.2) is 22.0 Å². The molecule has 0 bridgehead atoms. The van der Waals surface area contributed by atoms with Gasteiger partial charge in [-0.25, -0.2) is 13.8 Å². The standard InChI is InChI=1S/C20H16F2N2O3S/c1-10-2-4-14-11(6-10)7-12(8-17(25)26)20(27)24(14)9-16-23-19-15(28-16)5-3-13(21)18(19)22/h2-6,12H,7-9H2,1H3,(H,25,26). The molecule has 1 unspecified atom stereocenters. The third kappa shape index (κ3) is 3.24. The van der Waals surface area contributed by atoms with Crippen molar-refractivity contribution < 1.29 is 23.5 Å². The summed E-state index contributed by atoms with van der Waals surface area (Å²) in [6.45, 7) is 2.00. The fourth-order valence-electron chi connectivity index (χ4n) is 3.55. The molecule has 2 aromatic carbocycles. The molecule has 1 aromatic heterocycles. The Labute approximate surface area is 163 Å². The maximum Gasteiger partial charge on any atom is 0.304 e. The van der Waals surface area contributed by atoms with Gasteiger partial charge in [0, 0.05) is 5.69 Å². The van der Waals surface area contributed by atoms with Crippen LogP contribution in [0.4, 0.5) is 14.5 Å². The number of aromatic nitrogens is 1. The third-order valence-corrected chi connectivity index (χ3v) is 5.82. The molecule has 0 radical (unpaired) electrons. The minimum absolute atomic E-state index is 0.0596. The van der Waals surface area contributed by atoms with Crippen molar-refractivity contribution in [3.05, 3.63) is 58.1 Å². The van der Waals surface area contributed by atoms with Gasteiger partial charge in [-0.15, -0.1) is 11.3 Å². The van der Waals surface area contributed by atoms with Gasteiger partial charge in [0.05, 0.1) is 23.6 Å². The molecule has 8 heteroatoms. The number of fused-ring (bicyclic) bond motifs is 2. The fourth-order valence-corrected chi connectivity index (χ4v) is 4.50. The lowest BCUT2D eigenvalue weighted by Crippen LogP contribution is -2.41. The van der Waals surface area contributed by atoms with Crippen molar-refractivity contribution in [3.63, 3.8) is 0 Å². The monoisotopic (exact) mass is 402 g/mol. The third-order valence-electron chi connectivity index (χ3n) is 4.82. The SMILES string of the molecule is Cc1ccc2c(c1)CC(CC(=O)O)C(=O)N2Cc1nc2c(F)c(F)ccc2s1. The van der Waals surface area contributed by atoms with E-state index >= 15 is 0 Å². The van der Waals surface area contributed by atoms with Crippen molar-refractivity contribution in [1.29, 1.82) is 0 Å². The summed E-state index contributed by atoms with van der Waals surface area (Å²) in [5, 5.41) is 9.61. The summed E-state index contributed by atoms with van der Waals surface area (Å²) in [6, 6.07) is 8.15. The van der Waals surface area contributed by atoms with Crippen molar-refractivity contribution in [2.24, 2.45) is 5.92 Å². The van der Waals surface area contributed by atoms with E-state index in [-0.39, 0.29) is 24.4 Å². The number of halogens is 2. The molecule has 1 amide bonds. The summed E-state index contributed by atoms with van der Waals surface area (Å²) < 4.78 is 27.9. The Morgan fingerprint density at radius 2 is 2.11 bits per heavy atom. The number of aliphatic carboxylic acids is 1. The minimum Gasteiger partial charge on any atom is -0.481 e. The van der Waals surface area contributed by atoms with Crippen LogP contribution in [0.1, 0.15) is 22.6 Å². The van der Waals surface area contributed by atoms with Crippen molar-refractivity contribution in [2.75, 3.05) is 4.90 Å². The van der Waals surface area contributed by atoms with Gasteiger partial charge >= 0.3 is 5.97 Å². The fraction of sp³-hybridized carbons (Fsp3) is 0.250. The summed E-state index contributed by atoms with van der Waals surface area (Å²) in [7, 11) is 0. The number of hydrogen-bond donors (Lipinski definition) is 1. The molecule has 3 aromatic rings. The predicted molar refractivity (Wildman–Crippen MR) is 101 cm³/mol. The Hall–Kier alpha value is -2.87. The van der Waals surface area contributed by atoms with E-state index in [9.17, 15) is 18.4 Å². The van der Waals surface area contributed by atoms with Crippen LogP contribution in [0.5, 0.6) is 0 Å². The normalized spacial score (nSPS) is 16.5. The molecule has 0 saturated heterocycles. The van der Waals surface area contributed by atoms with Crippen molar-refractivity contribution in [3.8, 4) is 0 Å². The number of carbonyl (C=O) groups is 2. The first kappa shape index (κ1) is 18.5. The van der Waals surface area contributed by atoms with Gasteiger partial charge in [0.2, 0.25) is 5.91 Å². The van der Waals surface area contributed by atoms with Crippen LogP contribution in [0.3, 0.4) is 0 Å². The highest BCUT2D eigenvalue weighted by Gasteiger charge is 2.34. The smallest absolute Gasteiger partial charge is 0.304 e. The Bertz CT molecular complexity index is 1110. The molecule has 1 aliphatic heterocycles. The van der Waals surface area contributed by atoms with Crippen LogP contribution in [0.15, 0.2) is 30.3 Å². The number of hydrogen-bond acceptors (Lipinski definition) is 4. The van der Waals surface area contributed by atoms with Crippen LogP contribution in [0.25, 0.3) is 10.2 Å². The number of thiazole rings is 1. The van der Waals surface area contributed by atoms with Crippen molar-refractivity contribution >= 4 is 39.1 Å². The summed E-state index contributed by atoms with van der Waals surface area (Å²) >= 11 is 1.18. The van der Waals surface area contributed by atoms with E-state index in [1.54, 1.807) is 0 Å². The first-order valence-corrected chi connectivity index (χ1v) is 9.51. The molecule has 4 rings (SSSR count). The Kier molecular flexibility index (Phi) is 4.58. The maximum absolute atomic E-state index is 14.0. The van der Waals surface area contributed by atoms with E-state index in [1.165, 1.54) is 22.3 Å². The number of carboxylic acid groups (broad SMARTS) is 1. The van der Waals surface area contributed by atoms with Crippen LogP contribution < -0.4 is 4.90 Å². The van der Waals surface area contributed by atoms with Gasteiger partial charge in [0.1, 0.15) is 10.5 Å². The first-order valence-electron chi connectivity index (χ1n) is 8.69. The minimum atomic E-state index is -1.04. The van der Waals surface area contributed by atoms with Gasteiger partial charge < -0.3 is 10.0 Å². The van der Waals surface area contributed by atoms with Crippen LogP contribution in [0.2, 0.25) is 0 Å². The van der Waals surface area contributed by atoms with E-state index in [0.29, 0.717) is 21.8 Å². The second-order valence-electron chi connectivity index (χ2n) is 6.87. The molecule has 144 valence electrons. The molecule has 28 heavy (non-hydrogen) atoms. The summed E-state index contributed by atoms with van der Waals surface area (Å²) in [6.07, 6.45) is 0.0979. The number of aryl methyl sites for hydroxylation is 1. The van der Waals surface area contributed by atoms with Gasteiger partial charge in [0.15, 0.2) is 11.6 Å². The molecule has 1 aliphatic rings. The Morgan fingerprint density at radius 3 is 2.86 bits per heavy atom. The van der Waals surface area contributed by atoms with E-state index in [1.807, 2.05) is 25.1 Å². The molecule has 0 aliphatic carbocycles. The Balaban J connectivity index is 1.74. The molecule has 1 N–H and O–H groups in total. The highest BCUT2D eigenvalue weighted by Crippen LogP contribution is 2.35. The van der Waals surface area contributed by atoms with Crippen LogP contribution >= 0.6 is 11.3 Å². The van der Waals surface area contributed by atoms with Gasteiger partial charge in [-0.3, -0.25) is 9.59 Å². The van der Waals surface area contributed by atoms with E-state index in [4.69, 9.17) is 5.11 Å². The second kappa shape index (κ2) is 6.94. The van der Waals surface area contributed by atoms with Gasteiger partial charge in [0.25, 0.3) is 0 Å². The molecule has 5 nitrogen and oxygen atoms in total. The summed E-state index contributed by atoms with van der Waals surface area (Å²) in [5.41, 5.74) is 2.54. The van der Waals surface area contributed by atoms with Crippen LogP contribution in [-0.2, 0) is 22.6 Å². The number of amides is 1. The summed E-state index contributed by atoms with van der Waals surface area (Å²) in [4.78, 5) is 29.8. The number of carbonyl (C=O) groups excluding carboxylic acids is 1. The van der Waals surface area contributed by atoms with E-state index < -0.39 is 23.5 Å². The Morgan fingerprint density at radius 1 is 1.32 bits per heavy atom. The van der Waals surface area contributed by atoms with Gasteiger partial charge in [-0.1, -0.05) is 17.7 Å². The quantitative estimate of drug-likeness (QED) is 0.714. The molecule has 0 fully saturated rings. The molecular formula is C20H16F2N2O3S. The highest BCUT2D eigenvalue weighted by molar-refractivity contribution is 7.18. The first-order chi connectivity index (χ1) is 13.3. The number of rotatable bonds is 4. The zero-order valence-electron chi connectivity index (χ0n) is 14.9. The van der Waals surface area contributed by atoms with Crippen molar-refractivity contribution in [1.82, 2.24) is 4.98 Å². The van der Waals surface area contributed by atoms with E-state index in [0.717, 1.165) is 17.2 Å². The number of carboxylic acids is 1. The number of anilines is 1. The maximum atomic E-state index is 14.0. The topological polar surface area (TPSA) is 70.5 Å². The summed E-state index contributed by atoms with van der Waals surface area (Å²) in [5.74, 6) is -3.99. The molecule has 0 spiro atoms. The van der Waals surface area contributed by atoms with Crippen LogP contribution in [0, 0.1) is 24.5 Å². The molecule has 1 atom stereocenters. The molecule has 0 saturated carbocycles. The lowest BCUT2D eigenvalue weighted by Gasteiger charge is -2.33. The van der Waals surface area contributed by atoms with Gasteiger partial charge in [-0.2, -0.15) is 0 Å². The van der Waals surface area contributed by atoms with Crippen molar-refractivity contribution in [2.45, 2.75) is 26.3 Å². The second-order valence-corrected chi connectivity index (χ2v) is 7.99. The number of benzene rings is 2. The van der Waals surface area contributed by atoms with Gasteiger partial charge in [-0.05, 0) is 37.1 Å². The van der Waals surface area contributed by atoms with E-state index in [2.05, 4.69) is 4.98 Å². The average molecular weight is 402 g/mol. The molecular weight excluding hydrogens is 386 g/mol. The highest BCUT2D eigenvalue weighted by atomic mass is 32.1. The average Bonchev–Trinajstić information content (AvgIpc) is 3.05. The number of nitrogens with zero attached hydrogens (tertiary/aromatic N) is 2. The lowest BCUT2D eigenvalue weighted by molar-refractivity contribution is -0.140. The molecule has 2 heterocycles. The largest absolute Gasteiger partial charge is 0.481 e. The zero-order chi connectivity index (χ0) is 20.0. The lowest BCUT2D eigenvalue weighted by atomic mass is 9.88.